The summed E-state index contributed by atoms with van der Waals surface area (Å²) in [7, 11) is 0. The maximum absolute atomic E-state index is 12.7. The van der Waals surface area contributed by atoms with Crippen LogP contribution in [0, 0.1) is 5.92 Å². The van der Waals surface area contributed by atoms with Crippen molar-refractivity contribution in [2.24, 2.45) is 5.92 Å². The van der Waals surface area contributed by atoms with Gasteiger partial charge in [0, 0.05) is 25.2 Å². The second-order valence-electron chi connectivity index (χ2n) is 6.90. The second-order valence-corrected chi connectivity index (χ2v) is 6.90. The zero-order valence-electron chi connectivity index (χ0n) is 12.5. The van der Waals surface area contributed by atoms with Crippen molar-refractivity contribution in [1.29, 1.82) is 0 Å². The smallest absolute Gasteiger partial charge is 0.237 e. The van der Waals surface area contributed by atoms with Gasteiger partial charge in [-0.3, -0.25) is 9.69 Å². The van der Waals surface area contributed by atoms with E-state index >= 15 is 0 Å². The quantitative estimate of drug-likeness (QED) is 0.832. The van der Waals surface area contributed by atoms with Crippen molar-refractivity contribution in [2.75, 3.05) is 26.2 Å². The number of carbonyl (C=O) groups is 1. The van der Waals surface area contributed by atoms with E-state index in [0.29, 0.717) is 30.5 Å². The molecule has 0 spiro atoms. The summed E-state index contributed by atoms with van der Waals surface area (Å²) >= 11 is 0. The standard InChI is InChI=1S/C16H28N2O2/c19-12-13-4-3-9-17(10-13)11-16(20)18(15-7-8-15)14-5-1-2-6-14/h13-15,19H,1-12H2. The fourth-order valence-corrected chi connectivity index (χ4v) is 3.96. The number of piperidine rings is 1. The second kappa shape index (κ2) is 6.44. The van der Waals surface area contributed by atoms with E-state index in [1.54, 1.807) is 0 Å². The van der Waals surface area contributed by atoms with Gasteiger partial charge >= 0.3 is 0 Å². The van der Waals surface area contributed by atoms with Crippen LogP contribution in [0.25, 0.3) is 0 Å². The zero-order valence-corrected chi connectivity index (χ0v) is 12.5. The van der Waals surface area contributed by atoms with E-state index in [0.717, 1.165) is 25.9 Å². The van der Waals surface area contributed by atoms with Crippen LogP contribution < -0.4 is 0 Å². The third-order valence-electron chi connectivity index (χ3n) is 5.17. The average molecular weight is 280 g/mol. The summed E-state index contributed by atoms with van der Waals surface area (Å²) in [6.07, 6.45) is 9.64. The number of nitrogens with zero attached hydrogens (tertiary/aromatic N) is 2. The molecule has 2 aliphatic carbocycles. The highest BCUT2D eigenvalue weighted by Gasteiger charge is 2.38. The van der Waals surface area contributed by atoms with Gasteiger partial charge in [0.25, 0.3) is 0 Å². The van der Waals surface area contributed by atoms with Crippen molar-refractivity contribution < 1.29 is 9.90 Å². The highest BCUT2D eigenvalue weighted by molar-refractivity contribution is 5.79. The number of hydrogen-bond acceptors (Lipinski definition) is 3. The Morgan fingerprint density at radius 2 is 1.75 bits per heavy atom. The summed E-state index contributed by atoms with van der Waals surface area (Å²) in [4.78, 5) is 17.2. The summed E-state index contributed by atoms with van der Waals surface area (Å²) in [5, 5.41) is 9.30. The fraction of sp³-hybridized carbons (Fsp3) is 0.938. The SMILES string of the molecule is O=C(CN1CCCC(CO)C1)N(C1CCCC1)C1CC1. The zero-order chi connectivity index (χ0) is 13.9. The minimum absolute atomic E-state index is 0.264. The maximum atomic E-state index is 12.7. The first-order valence-electron chi connectivity index (χ1n) is 8.42. The van der Waals surface area contributed by atoms with Crippen LogP contribution in [0.2, 0.25) is 0 Å². The highest BCUT2D eigenvalue weighted by Crippen LogP contribution is 2.34. The Bertz CT molecular complexity index is 337. The van der Waals surface area contributed by atoms with Gasteiger partial charge < -0.3 is 10.0 Å². The van der Waals surface area contributed by atoms with Crippen LogP contribution in [0.4, 0.5) is 0 Å². The van der Waals surface area contributed by atoms with E-state index in [-0.39, 0.29) is 6.61 Å². The van der Waals surface area contributed by atoms with E-state index < -0.39 is 0 Å². The molecule has 3 fully saturated rings. The lowest BCUT2D eigenvalue weighted by Crippen LogP contribution is -2.48. The molecule has 0 aromatic rings. The van der Waals surface area contributed by atoms with Gasteiger partial charge in [0.05, 0.1) is 6.54 Å². The Morgan fingerprint density at radius 1 is 1.05 bits per heavy atom. The summed E-state index contributed by atoms with van der Waals surface area (Å²) < 4.78 is 0. The lowest BCUT2D eigenvalue weighted by molar-refractivity contribution is -0.135. The predicted molar refractivity (Wildman–Crippen MR) is 78.4 cm³/mol. The molecule has 114 valence electrons. The number of likely N-dealkylation sites (tertiary alicyclic amines) is 1. The van der Waals surface area contributed by atoms with Crippen LogP contribution in [-0.2, 0) is 4.79 Å². The molecule has 1 amide bonds. The van der Waals surface area contributed by atoms with Crippen molar-refractivity contribution in [3.8, 4) is 0 Å². The highest BCUT2D eigenvalue weighted by atomic mass is 16.3. The van der Waals surface area contributed by atoms with Crippen molar-refractivity contribution in [3.63, 3.8) is 0 Å². The molecule has 1 heterocycles. The van der Waals surface area contributed by atoms with Crippen LogP contribution in [0.5, 0.6) is 0 Å². The molecule has 0 bridgehead atoms. The van der Waals surface area contributed by atoms with E-state index in [1.807, 2.05) is 0 Å². The molecular weight excluding hydrogens is 252 g/mol. The maximum Gasteiger partial charge on any atom is 0.237 e. The molecule has 3 aliphatic rings. The van der Waals surface area contributed by atoms with E-state index in [9.17, 15) is 9.90 Å². The van der Waals surface area contributed by atoms with Gasteiger partial charge in [0.1, 0.15) is 0 Å². The lowest BCUT2D eigenvalue weighted by Gasteiger charge is -2.35. The molecule has 1 saturated heterocycles. The van der Waals surface area contributed by atoms with Crippen LogP contribution in [-0.4, -0.2) is 59.1 Å². The molecule has 1 atom stereocenters. The summed E-state index contributed by atoms with van der Waals surface area (Å²) in [6.45, 7) is 2.75. The first kappa shape index (κ1) is 14.3. The van der Waals surface area contributed by atoms with E-state index in [4.69, 9.17) is 0 Å². The van der Waals surface area contributed by atoms with Crippen molar-refractivity contribution >= 4 is 5.91 Å². The normalized spacial score (nSPS) is 28.8. The Kier molecular flexibility index (Phi) is 4.61. The van der Waals surface area contributed by atoms with Crippen molar-refractivity contribution in [3.05, 3.63) is 0 Å². The molecular formula is C16H28N2O2. The van der Waals surface area contributed by atoms with Gasteiger partial charge in [-0.1, -0.05) is 12.8 Å². The summed E-state index contributed by atoms with van der Waals surface area (Å²) in [5.74, 6) is 0.718. The van der Waals surface area contributed by atoms with Crippen LogP contribution >= 0.6 is 0 Å². The van der Waals surface area contributed by atoms with Gasteiger partial charge in [-0.15, -0.1) is 0 Å². The Balaban J connectivity index is 1.56. The topological polar surface area (TPSA) is 43.8 Å². The number of aliphatic hydroxyl groups excluding tert-OH is 1. The molecule has 0 aromatic heterocycles. The molecule has 1 N–H and O–H groups in total. The van der Waals surface area contributed by atoms with Gasteiger partial charge in [0.2, 0.25) is 5.91 Å². The Morgan fingerprint density at radius 3 is 2.40 bits per heavy atom. The van der Waals surface area contributed by atoms with Crippen molar-refractivity contribution in [1.82, 2.24) is 9.80 Å². The monoisotopic (exact) mass is 280 g/mol. The summed E-state index contributed by atoms with van der Waals surface area (Å²) in [6, 6.07) is 1.07. The fourth-order valence-electron chi connectivity index (χ4n) is 3.96. The third kappa shape index (κ3) is 3.34. The molecule has 20 heavy (non-hydrogen) atoms. The predicted octanol–water partition coefficient (Wildman–Crippen LogP) is 1.62. The minimum Gasteiger partial charge on any atom is -0.396 e. The Hall–Kier alpha value is -0.610. The molecule has 4 nitrogen and oxygen atoms in total. The number of hydrogen-bond donors (Lipinski definition) is 1. The molecule has 4 heteroatoms. The summed E-state index contributed by atoms with van der Waals surface area (Å²) in [5.41, 5.74) is 0. The molecule has 2 saturated carbocycles. The lowest BCUT2D eigenvalue weighted by atomic mass is 9.99. The minimum atomic E-state index is 0.264. The number of aliphatic hydroxyl groups is 1. The molecule has 1 aliphatic heterocycles. The molecule has 3 rings (SSSR count). The van der Waals surface area contributed by atoms with Gasteiger partial charge in [-0.25, -0.2) is 0 Å². The van der Waals surface area contributed by atoms with Gasteiger partial charge in [-0.05, 0) is 51.0 Å². The van der Waals surface area contributed by atoms with Crippen LogP contribution in [0.3, 0.4) is 0 Å². The number of carbonyl (C=O) groups excluding carboxylic acids is 1. The van der Waals surface area contributed by atoms with E-state index in [1.165, 1.54) is 38.5 Å². The molecule has 0 radical (unpaired) electrons. The first-order chi connectivity index (χ1) is 9.78. The third-order valence-corrected chi connectivity index (χ3v) is 5.17. The largest absolute Gasteiger partial charge is 0.396 e. The van der Waals surface area contributed by atoms with Crippen LogP contribution in [0.15, 0.2) is 0 Å². The number of rotatable bonds is 5. The van der Waals surface area contributed by atoms with E-state index in [2.05, 4.69) is 9.80 Å². The molecule has 1 unspecified atom stereocenters. The first-order valence-corrected chi connectivity index (χ1v) is 8.42. The van der Waals surface area contributed by atoms with Gasteiger partial charge in [-0.2, -0.15) is 0 Å². The average Bonchev–Trinajstić information content (AvgIpc) is 3.13. The van der Waals surface area contributed by atoms with Crippen molar-refractivity contribution in [2.45, 2.75) is 63.5 Å². The Labute approximate surface area is 122 Å². The number of amides is 1. The van der Waals surface area contributed by atoms with Crippen LogP contribution in [0.1, 0.15) is 51.4 Å². The van der Waals surface area contributed by atoms with Gasteiger partial charge in [0.15, 0.2) is 0 Å². The molecule has 0 aromatic carbocycles.